The largest absolute Gasteiger partial charge is 0.504 e. The number of aliphatic hydroxyl groups is 4. The number of aliphatic hydroxyl groups excluding tert-OH is 4. The van der Waals surface area contributed by atoms with Crippen molar-refractivity contribution in [1.82, 2.24) is 0 Å². The molecule has 2 heterocycles. The molecule has 0 aliphatic carbocycles. The van der Waals surface area contributed by atoms with Gasteiger partial charge in [-0.3, -0.25) is 4.79 Å². The molecule has 1 aliphatic heterocycles. The number of benzene rings is 2. The Hall–Kier alpha value is -3.75. The molecule has 3 aromatic rings. The van der Waals surface area contributed by atoms with E-state index in [-0.39, 0.29) is 39.5 Å². The molecule has 13 heteroatoms. The van der Waals surface area contributed by atoms with Crippen LogP contribution in [0.5, 0.6) is 34.5 Å². The molecule has 0 radical (unpaired) electrons. The van der Waals surface area contributed by atoms with E-state index >= 15 is 0 Å². The first kappa shape index (κ1) is 25.3. The van der Waals surface area contributed by atoms with Crippen molar-refractivity contribution in [2.24, 2.45) is 0 Å². The quantitative estimate of drug-likeness (QED) is 0.215. The van der Waals surface area contributed by atoms with Crippen molar-refractivity contribution in [1.29, 1.82) is 0 Å². The summed E-state index contributed by atoms with van der Waals surface area (Å²) in [6.07, 6.45) is -7.98. The summed E-state index contributed by atoms with van der Waals surface area (Å²) < 4.78 is 27.1. The van der Waals surface area contributed by atoms with Crippen molar-refractivity contribution in [3.8, 4) is 45.8 Å². The van der Waals surface area contributed by atoms with Crippen LogP contribution in [-0.4, -0.2) is 87.3 Å². The fourth-order valence-corrected chi connectivity index (χ4v) is 3.89. The van der Waals surface area contributed by atoms with Gasteiger partial charge in [0.05, 0.1) is 20.8 Å². The fourth-order valence-electron chi connectivity index (χ4n) is 3.89. The van der Waals surface area contributed by atoms with Crippen molar-refractivity contribution in [2.45, 2.75) is 30.7 Å². The van der Waals surface area contributed by atoms with Crippen LogP contribution in [0.1, 0.15) is 0 Å². The number of hydrogen-bond donors (Lipinski definition) is 7. The highest BCUT2D eigenvalue weighted by molar-refractivity contribution is 5.91. The maximum Gasteiger partial charge on any atom is 0.239 e. The second-order valence-corrected chi connectivity index (χ2v) is 7.94. The summed E-state index contributed by atoms with van der Waals surface area (Å²) in [4.78, 5) is 13.2. The average molecular weight is 508 g/mol. The van der Waals surface area contributed by atoms with Crippen molar-refractivity contribution in [2.75, 3.05) is 20.8 Å². The van der Waals surface area contributed by atoms with Crippen LogP contribution in [0, 0.1) is 0 Å². The normalized spacial score (nSPS) is 24.0. The SMILES string of the molecule is COc1c(O[C@H]2O[C@@H](CO)[C@H](O)[C@@H](O)[C@@H]2O)cc2oc(-c3ccc(O)c(O)c3)c(OC)c(=O)c2c1O. The number of rotatable bonds is 6. The number of phenols is 3. The van der Waals surface area contributed by atoms with Gasteiger partial charge >= 0.3 is 0 Å². The summed E-state index contributed by atoms with van der Waals surface area (Å²) in [7, 11) is 2.38. The number of methoxy groups -OCH3 is 2. The van der Waals surface area contributed by atoms with Crippen LogP contribution in [0.15, 0.2) is 33.5 Å². The van der Waals surface area contributed by atoms with E-state index in [0.29, 0.717) is 0 Å². The van der Waals surface area contributed by atoms with E-state index < -0.39 is 60.0 Å². The highest BCUT2D eigenvalue weighted by atomic mass is 16.7. The highest BCUT2D eigenvalue weighted by Gasteiger charge is 2.45. The van der Waals surface area contributed by atoms with Gasteiger partial charge < -0.3 is 59.1 Å². The summed E-state index contributed by atoms with van der Waals surface area (Å²) in [5, 5.41) is 69.7. The highest BCUT2D eigenvalue weighted by Crippen LogP contribution is 2.45. The van der Waals surface area contributed by atoms with E-state index in [0.717, 1.165) is 12.1 Å². The lowest BCUT2D eigenvalue weighted by atomic mass is 9.99. The van der Waals surface area contributed by atoms with E-state index in [4.69, 9.17) is 23.4 Å². The molecule has 1 saturated heterocycles. The Bertz CT molecular complexity index is 1330. The molecule has 4 rings (SSSR count). The molecule has 0 unspecified atom stereocenters. The van der Waals surface area contributed by atoms with Crippen LogP contribution in [0.4, 0.5) is 0 Å². The van der Waals surface area contributed by atoms with E-state index in [1.165, 1.54) is 26.4 Å². The smallest absolute Gasteiger partial charge is 0.239 e. The summed E-state index contributed by atoms with van der Waals surface area (Å²) in [5.41, 5.74) is -0.856. The Morgan fingerprint density at radius 3 is 2.22 bits per heavy atom. The summed E-state index contributed by atoms with van der Waals surface area (Å²) in [6, 6.07) is 4.82. The lowest BCUT2D eigenvalue weighted by molar-refractivity contribution is -0.277. The summed E-state index contributed by atoms with van der Waals surface area (Å²) in [5.74, 6) is -2.66. The van der Waals surface area contributed by atoms with E-state index in [9.17, 15) is 40.5 Å². The topological polar surface area (TPSA) is 209 Å². The van der Waals surface area contributed by atoms with Crippen molar-refractivity contribution in [3.05, 3.63) is 34.5 Å². The Kier molecular flexibility index (Phi) is 6.84. The molecule has 0 bridgehead atoms. The standard InChI is InChI=1S/C23H24O13/c1-32-21-12(35-23-19(31)18(30)15(27)13(7-24)36-23)6-11-14(16(21)28)17(29)22(33-2)20(34-11)8-3-4-9(25)10(26)5-8/h3-6,13,15,18-19,23-28,30-31H,7H2,1-2H3/t13-,15-,18+,19-,23-/m0/s1. The number of aromatic hydroxyl groups is 3. The maximum atomic E-state index is 13.2. The molecular formula is C23H24O13. The molecule has 0 amide bonds. The maximum absolute atomic E-state index is 13.2. The van der Waals surface area contributed by atoms with Gasteiger partial charge in [-0.05, 0) is 18.2 Å². The lowest BCUT2D eigenvalue weighted by Gasteiger charge is -2.39. The fraction of sp³-hybridized carbons (Fsp3) is 0.348. The number of phenolic OH excluding ortho intramolecular Hbond substituents is 3. The molecule has 1 fully saturated rings. The average Bonchev–Trinajstić information content (AvgIpc) is 2.85. The Morgan fingerprint density at radius 1 is 0.917 bits per heavy atom. The number of fused-ring (bicyclic) bond motifs is 1. The zero-order chi connectivity index (χ0) is 26.3. The van der Waals surface area contributed by atoms with Gasteiger partial charge in [0.2, 0.25) is 23.2 Å². The van der Waals surface area contributed by atoms with Crippen molar-refractivity contribution < 1.29 is 59.1 Å². The second-order valence-electron chi connectivity index (χ2n) is 7.94. The predicted octanol–water partition coefficient (Wildman–Crippen LogP) is -0.227. The Morgan fingerprint density at radius 2 is 1.61 bits per heavy atom. The van der Waals surface area contributed by atoms with Gasteiger partial charge in [0.25, 0.3) is 0 Å². The van der Waals surface area contributed by atoms with Gasteiger partial charge in [0.1, 0.15) is 35.4 Å². The molecule has 2 aromatic carbocycles. The van der Waals surface area contributed by atoms with Crippen LogP contribution < -0.4 is 19.6 Å². The molecule has 7 N–H and O–H groups in total. The van der Waals surface area contributed by atoms with E-state index in [2.05, 4.69) is 0 Å². The summed E-state index contributed by atoms with van der Waals surface area (Å²) in [6.45, 7) is -0.692. The molecule has 0 saturated carbocycles. The first-order chi connectivity index (χ1) is 17.1. The molecular weight excluding hydrogens is 484 g/mol. The lowest BCUT2D eigenvalue weighted by Crippen LogP contribution is -2.60. The minimum atomic E-state index is -1.76. The second kappa shape index (κ2) is 9.72. The zero-order valence-corrected chi connectivity index (χ0v) is 19.0. The number of hydrogen-bond acceptors (Lipinski definition) is 13. The van der Waals surface area contributed by atoms with Gasteiger partial charge in [0.15, 0.2) is 28.8 Å². The van der Waals surface area contributed by atoms with Crippen LogP contribution in [0.2, 0.25) is 0 Å². The molecule has 5 atom stereocenters. The van der Waals surface area contributed by atoms with Crippen molar-refractivity contribution >= 4 is 11.0 Å². The summed E-state index contributed by atoms with van der Waals surface area (Å²) >= 11 is 0. The van der Waals surface area contributed by atoms with Gasteiger partial charge in [-0.15, -0.1) is 0 Å². The van der Waals surface area contributed by atoms with Crippen LogP contribution in [-0.2, 0) is 4.74 Å². The van der Waals surface area contributed by atoms with Gasteiger partial charge in [0, 0.05) is 11.6 Å². The zero-order valence-electron chi connectivity index (χ0n) is 19.0. The van der Waals surface area contributed by atoms with Gasteiger partial charge in [-0.25, -0.2) is 0 Å². The molecule has 13 nitrogen and oxygen atoms in total. The molecule has 0 spiro atoms. The third-order valence-corrected chi connectivity index (χ3v) is 5.77. The third kappa shape index (κ3) is 4.12. The monoisotopic (exact) mass is 508 g/mol. The minimum absolute atomic E-state index is 0.145. The molecule has 194 valence electrons. The van der Waals surface area contributed by atoms with Crippen molar-refractivity contribution in [3.63, 3.8) is 0 Å². The van der Waals surface area contributed by atoms with Gasteiger partial charge in [-0.2, -0.15) is 0 Å². The predicted molar refractivity (Wildman–Crippen MR) is 120 cm³/mol. The van der Waals surface area contributed by atoms with Gasteiger partial charge in [-0.1, -0.05) is 0 Å². The van der Waals surface area contributed by atoms with Crippen LogP contribution in [0.25, 0.3) is 22.3 Å². The Labute approximate surface area is 202 Å². The van der Waals surface area contributed by atoms with E-state index in [1.807, 2.05) is 0 Å². The van der Waals surface area contributed by atoms with E-state index in [1.54, 1.807) is 0 Å². The van der Waals surface area contributed by atoms with Crippen LogP contribution in [0.3, 0.4) is 0 Å². The Balaban J connectivity index is 1.87. The first-order valence-corrected chi connectivity index (χ1v) is 10.6. The molecule has 1 aliphatic rings. The molecule has 36 heavy (non-hydrogen) atoms. The number of ether oxygens (including phenoxy) is 4. The minimum Gasteiger partial charge on any atom is -0.504 e. The first-order valence-electron chi connectivity index (χ1n) is 10.6. The van der Waals surface area contributed by atoms with Crippen LogP contribution >= 0.6 is 0 Å². The molecule has 1 aromatic heterocycles. The third-order valence-electron chi connectivity index (χ3n) is 5.77.